The third kappa shape index (κ3) is 4.50. The van der Waals surface area contributed by atoms with Crippen molar-refractivity contribution >= 4 is 17.3 Å². The van der Waals surface area contributed by atoms with Gasteiger partial charge in [0.2, 0.25) is 5.91 Å². The summed E-state index contributed by atoms with van der Waals surface area (Å²) in [6.07, 6.45) is 3.92. The molecule has 1 saturated heterocycles. The molecule has 1 amide bonds. The van der Waals surface area contributed by atoms with Gasteiger partial charge in [-0.05, 0) is 61.1 Å². The van der Waals surface area contributed by atoms with Crippen LogP contribution in [-0.4, -0.2) is 36.5 Å². The van der Waals surface area contributed by atoms with E-state index in [1.54, 1.807) is 0 Å². The van der Waals surface area contributed by atoms with Crippen LogP contribution in [0.3, 0.4) is 0 Å². The van der Waals surface area contributed by atoms with E-state index in [1.165, 1.54) is 18.2 Å². The molecule has 6 heteroatoms. The van der Waals surface area contributed by atoms with Crippen LogP contribution in [0.4, 0.5) is 20.2 Å². The number of nitrogens with zero attached hydrogens (tertiary/aromatic N) is 1. The van der Waals surface area contributed by atoms with Crippen LogP contribution in [0.25, 0.3) is 0 Å². The molecule has 2 aromatic rings. The number of carbonyl (C=O) groups excluding carboxylic acids is 1. The van der Waals surface area contributed by atoms with Gasteiger partial charge in [0.25, 0.3) is 0 Å². The maximum Gasteiger partial charge on any atom is 0.224 e. The Kier molecular flexibility index (Phi) is 5.57. The molecule has 0 bridgehead atoms. The largest absolute Gasteiger partial charge is 0.380 e. The van der Waals surface area contributed by atoms with Crippen LogP contribution in [-0.2, 0) is 17.6 Å². The first-order valence-corrected chi connectivity index (χ1v) is 9.92. The molecule has 4 rings (SSSR count). The first-order chi connectivity index (χ1) is 13.6. The van der Waals surface area contributed by atoms with Crippen molar-refractivity contribution in [3.05, 3.63) is 59.2 Å². The van der Waals surface area contributed by atoms with E-state index in [9.17, 15) is 13.6 Å². The lowest BCUT2D eigenvalue weighted by Crippen LogP contribution is -2.40. The maximum absolute atomic E-state index is 14.4. The third-order valence-corrected chi connectivity index (χ3v) is 5.67. The Bertz CT molecular complexity index is 846. The summed E-state index contributed by atoms with van der Waals surface area (Å²) < 4.78 is 27.4. The quantitative estimate of drug-likeness (QED) is 0.819. The van der Waals surface area contributed by atoms with Gasteiger partial charge in [0.15, 0.2) is 0 Å². The Morgan fingerprint density at radius 1 is 1.07 bits per heavy atom. The lowest BCUT2D eigenvalue weighted by molar-refractivity contribution is -0.116. The van der Waals surface area contributed by atoms with Gasteiger partial charge in [-0.25, -0.2) is 8.78 Å². The van der Waals surface area contributed by atoms with Crippen molar-refractivity contribution in [3.63, 3.8) is 0 Å². The van der Waals surface area contributed by atoms with E-state index in [0.717, 1.165) is 50.0 Å². The number of piperidine rings is 1. The normalized spacial score (nSPS) is 17.9. The molecule has 28 heavy (non-hydrogen) atoms. The highest BCUT2D eigenvalue weighted by Crippen LogP contribution is 2.29. The standard InChI is InChI=1S/C22H25F2N3O/c23-17-4-1-15(2-5-17)7-10-27-11-8-18(9-12-27)25-21-13-16-3-6-22(28)26-20(16)14-19(21)24/h1-2,4-5,13-14,18,25H,3,6-12H2,(H,26,28). The average molecular weight is 385 g/mol. The molecule has 2 heterocycles. The van der Waals surface area contributed by atoms with Crippen LogP contribution in [0.5, 0.6) is 0 Å². The molecule has 0 aromatic heterocycles. The topological polar surface area (TPSA) is 44.4 Å². The van der Waals surface area contributed by atoms with Gasteiger partial charge in [-0.1, -0.05) is 12.1 Å². The third-order valence-electron chi connectivity index (χ3n) is 5.67. The zero-order chi connectivity index (χ0) is 19.5. The second-order valence-corrected chi connectivity index (χ2v) is 7.67. The SMILES string of the molecule is O=C1CCc2cc(NC3CCN(CCc4ccc(F)cc4)CC3)c(F)cc2N1. The summed E-state index contributed by atoms with van der Waals surface area (Å²) in [7, 11) is 0. The van der Waals surface area contributed by atoms with Gasteiger partial charge in [0, 0.05) is 37.8 Å². The van der Waals surface area contributed by atoms with Gasteiger partial charge in [0.1, 0.15) is 11.6 Å². The Morgan fingerprint density at radius 2 is 1.82 bits per heavy atom. The number of nitrogens with one attached hydrogen (secondary N) is 2. The van der Waals surface area contributed by atoms with E-state index < -0.39 is 0 Å². The zero-order valence-corrected chi connectivity index (χ0v) is 15.8. The molecule has 2 aliphatic heterocycles. The van der Waals surface area contributed by atoms with E-state index in [1.807, 2.05) is 18.2 Å². The van der Waals surface area contributed by atoms with Gasteiger partial charge in [-0.15, -0.1) is 0 Å². The Morgan fingerprint density at radius 3 is 2.57 bits per heavy atom. The fraction of sp³-hybridized carbons (Fsp3) is 0.409. The highest BCUT2D eigenvalue weighted by Gasteiger charge is 2.22. The molecule has 2 aliphatic rings. The fourth-order valence-electron chi connectivity index (χ4n) is 3.97. The molecule has 2 N–H and O–H groups in total. The lowest BCUT2D eigenvalue weighted by Gasteiger charge is -2.33. The van der Waals surface area contributed by atoms with Crippen molar-refractivity contribution in [2.24, 2.45) is 0 Å². The van der Waals surface area contributed by atoms with Crippen molar-refractivity contribution < 1.29 is 13.6 Å². The van der Waals surface area contributed by atoms with Crippen LogP contribution >= 0.6 is 0 Å². The second-order valence-electron chi connectivity index (χ2n) is 7.67. The molecule has 148 valence electrons. The molecule has 4 nitrogen and oxygen atoms in total. The number of benzene rings is 2. The number of hydrogen-bond donors (Lipinski definition) is 2. The monoisotopic (exact) mass is 385 g/mol. The minimum Gasteiger partial charge on any atom is -0.380 e. The van der Waals surface area contributed by atoms with Crippen LogP contribution in [0.1, 0.15) is 30.4 Å². The van der Waals surface area contributed by atoms with Crippen molar-refractivity contribution in [2.45, 2.75) is 38.1 Å². The van der Waals surface area contributed by atoms with Gasteiger partial charge in [-0.3, -0.25) is 4.79 Å². The predicted molar refractivity (Wildman–Crippen MR) is 107 cm³/mol. The van der Waals surface area contributed by atoms with E-state index in [2.05, 4.69) is 15.5 Å². The number of halogens is 2. The summed E-state index contributed by atoms with van der Waals surface area (Å²) in [4.78, 5) is 13.9. The smallest absolute Gasteiger partial charge is 0.224 e. The summed E-state index contributed by atoms with van der Waals surface area (Å²) in [5.74, 6) is -0.576. The lowest BCUT2D eigenvalue weighted by atomic mass is 10.00. The maximum atomic E-state index is 14.4. The van der Waals surface area contributed by atoms with Gasteiger partial charge < -0.3 is 15.5 Å². The fourth-order valence-corrected chi connectivity index (χ4v) is 3.97. The molecule has 2 aromatic carbocycles. The first kappa shape index (κ1) is 18.9. The number of anilines is 2. The molecule has 0 aliphatic carbocycles. The van der Waals surface area contributed by atoms with Crippen molar-refractivity contribution in [2.75, 3.05) is 30.3 Å². The zero-order valence-electron chi connectivity index (χ0n) is 15.8. The summed E-state index contributed by atoms with van der Waals surface area (Å²) in [5.41, 5.74) is 3.25. The molecule has 0 unspecified atom stereocenters. The molecule has 1 fully saturated rings. The van der Waals surface area contributed by atoms with Gasteiger partial charge in [-0.2, -0.15) is 0 Å². The summed E-state index contributed by atoms with van der Waals surface area (Å²) in [6, 6.07) is 10.2. The average Bonchev–Trinajstić information content (AvgIpc) is 2.69. The van der Waals surface area contributed by atoms with Crippen molar-refractivity contribution in [1.29, 1.82) is 0 Å². The van der Waals surface area contributed by atoms with E-state index in [-0.39, 0.29) is 23.6 Å². The van der Waals surface area contributed by atoms with E-state index >= 15 is 0 Å². The van der Waals surface area contributed by atoms with Gasteiger partial charge in [0.05, 0.1) is 5.69 Å². The molecule has 0 atom stereocenters. The number of amides is 1. The predicted octanol–water partition coefficient (Wildman–Crippen LogP) is 3.97. The number of hydrogen-bond acceptors (Lipinski definition) is 3. The highest BCUT2D eigenvalue weighted by atomic mass is 19.1. The molecule has 0 spiro atoms. The van der Waals surface area contributed by atoms with Crippen LogP contribution in [0.15, 0.2) is 36.4 Å². The second kappa shape index (κ2) is 8.27. The number of fused-ring (bicyclic) bond motifs is 1. The first-order valence-electron chi connectivity index (χ1n) is 9.92. The number of likely N-dealkylation sites (tertiary alicyclic amines) is 1. The highest BCUT2D eigenvalue weighted by molar-refractivity contribution is 5.94. The number of carbonyl (C=O) groups is 1. The molecular formula is C22H25F2N3O. The summed E-state index contributed by atoms with van der Waals surface area (Å²) in [5, 5.41) is 6.09. The minimum absolute atomic E-state index is 0.0550. The van der Waals surface area contributed by atoms with E-state index in [0.29, 0.717) is 24.2 Å². The molecule has 0 radical (unpaired) electrons. The van der Waals surface area contributed by atoms with Crippen molar-refractivity contribution in [3.8, 4) is 0 Å². The molecule has 0 saturated carbocycles. The van der Waals surface area contributed by atoms with Crippen LogP contribution in [0.2, 0.25) is 0 Å². The summed E-state index contributed by atoms with van der Waals surface area (Å²) in [6.45, 7) is 2.87. The van der Waals surface area contributed by atoms with Crippen molar-refractivity contribution in [1.82, 2.24) is 4.90 Å². The Balaban J connectivity index is 1.28. The number of rotatable bonds is 5. The van der Waals surface area contributed by atoms with Crippen LogP contribution in [0, 0.1) is 11.6 Å². The summed E-state index contributed by atoms with van der Waals surface area (Å²) >= 11 is 0. The van der Waals surface area contributed by atoms with E-state index in [4.69, 9.17) is 0 Å². The molecular weight excluding hydrogens is 360 g/mol. The van der Waals surface area contributed by atoms with Crippen LogP contribution < -0.4 is 10.6 Å². The van der Waals surface area contributed by atoms with Gasteiger partial charge >= 0.3 is 0 Å². The number of aryl methyl sites for hydroxylation is 1. The Labute approximate surface area is 163 Å². The Hall–Kier alpha value is -2.47. The minimum atomic E-state index is -0.320.